The van der Waals surface area contributed by atoms with E-state index in [0.717, 1.165) is 19.3 Å². The van der Waals surface area contributed by atoms with Crippen molar-refractivity contribution in [3.05, 3.63) is 30.3 Å². The quantitative estimate of drug-likeness (QED) is 0.748. The summed E-state index contributed by atoms with van der Waals surface area (Å²) in [5.41, 5.74) is 0. The van der Waals surface area contributed by atoms with Gasteiger partial charge < -0.3 is 5.11 Å². The number of rotatable bonds is 8. The summed E-state index contributed by atoms with van der Waals surface area (Å²) in [7, 11) is -3.89. The van der Waals surface area contributed by atoms with Crippen LogP contribution in [0.1, 0.15) is 46.0 Å². The number of aliphatic carboxylic acids is 1. The smallest absolute Gasteiger partial charge is 0.325 e. The molecule has 1 atom stereocenters. The van der Waals surface area contributed by atoms with E-state index in [1.807, 2.05) is 0 Å². The van der Waals surface area contributed by atoms with Gasteiger partial charge in [0.15, 0.2) is 14.6 Å². The van der Waals surface area contributed by atoms with E-state index in [9.17, 15) is 18.3 Å². The van der Waals surface area contributed by atoms with Gasteiger partial charge in [-0.2, -0.15) is 0 Å². The number of unbranched alkanes of at least 4 members (excludes halogenated alkanes) is 3. The molecule has 0 spiro atoms. The van der Waals surface area contributed by atoms with Crippen molar-refractivity contribution in [2.24, 2.45) is 0 Å². The predicted molar refractivity (Wildman–Crippen MR) is 78.4 cm³/mol. The Balaban J connectivity index is 3.03. The number of hydrogen-bond acceptors (Lipinski definition) is 3. The van der Waals surface area contributed by atoms with E-state index in [0.29, 0.717) is 6.42 Å². The Morgan fingerprint density at radius 3 is 2.25 bits per heavy atom. The third kappa shape index (κ3) is 3.39. The molecular formula is C15H22O4S. The van der Waals surface area contributed by atoms with E-state index < -0.39 is 20.6 Å². The van der Waals surface area contributed by atoms with Crippen LogP contribution < -0.4 is 0 Å². The van der Waals surface area contributed by atoms with Crippen LogP contribution in [0.4, 0.5) is 0 Å². The third-order valence-corrected chi connectivity index (χ3v) is 6.06. The van der Waals surface area contributed by atoms with Gasteiger partial charge >= 0.3 is 5.97 Å². The van der Waals surface area contributed by atoms with Crippen molar-refractivity contribution in [3.63, 3.8) is 0 Å². The van der Waals surface area contributed by atoms with Crippen LogP contribution in [0.25, 0.3) is 0 Å². The van der Waals surface area contributed by atoms with Crippen LogP contribution in [0.3, 0.4) is 0 Å². The molecule has 1 aromatic carbocycles. The molecule has 0 heterocycles. The van der Waals surface area contributed by atoms with Crippen molar-refractivity contribution >= 4 is 15.8 Å². The molecule has 0 radical (unpaired) electrons. The fourth-order valence-corrected chi connectivity index (χ4v) is 3.78. The van der Waals surface area contributed by atoms with Crippen LogP contribution in [0.15, 0.2) is 35.2 Å². The fourth-order valence-electron chi connectivity index (χ4n) is 2.11. The molecule has 0 aliphatic rings. The second-order valence-electron chi connectivity index (χ2n) is 5.16. The number of carboxylic acids is 1. The summed E-state index contributed by atoms with van der Waals surface area (Å²) in [6.45, 7) is 3.36. The van der Waals surface area contributed by atoms with E-state index in [2.05, 4.69) is 6.92 Å². The first-order chi connectivity index (χ1) is 9.36. The maximum Gasteiger partial charge on any atom is 0.325 e. The van der Waals surface area contributed by atoms with Crippen LogP contribution in [0.2, 0.25) is 0 Å². The summed E-state index contributed by atoms with van der Waals surface area (Å²) in [6, 6.07) is 7.81. The first-order valence-electron chi connectivity index (χ1n) is 6.89. The zero-order chi connectivity index (χ0) is 15.2. The summed E-state index contributed by atoms with van der Waals surface area (Å²) in [4.78, 5) is 11.6. The van der Waals surface area contributed by atoms with Crippen molar-refractivity contribution < 1.29 is 18.3 Å². The van der Waals surface area contributed by atoms with Crippen molar-refractivity contribution in [2.75, 3.05) is 0 Å². The third-order valence-electron chi connectivity index (χ3n) is 3.61. The molecular weight excluding hydrogens is 276 g/mol. The molecule has 0 unspecified atom stereocenters. The number of hydrogen-bond donors (Lipinski definition) is 1. The number of carbonyl (C=O) groups is 1. The van der Waals surface area contributed by atoms with E-state index in [1.54, 1.807) is 18.2 Å². The van der Waals surface area contributed by atoms with Crippen LogP contribution in [-0.2, 0) is 14.6 Å². The summed E-state index contributed by atoms with van der Waals surface area (Å²) >= 11 is 0. The first-order valence-corrected chi connectivity index (χ1v) is 8.37. The van der Waals surface area contributed by atoms with Crippen molar-refractivity contribution in [2.45, 2.75) is 55.6 Å². The first kappa shape index (κ1) is 16.7. The topological polar surface area (TPSA) is 71.4 Å². The molecule has 112 valence electrons. The summed E-state index contributed by atoms with van der Waals surface area (Å²) in [5, 5.41) is 9.41. The van der Waals surface area contributed by atoms with Gasteiger partial charge in [-0.15, -0.1) is 0 Å². The molecule has 0 saturated carbocycles. The lowest BCUT2D eigenvalue weighted by molar-refractivity contribution is -0.139. The zero-order valence-electron chi connectivity index (χ0n) is 12.0. The molecule has 4 nitrogen and oxygen atoms in total. The molecule has 5 heteroatoms. The lowest BCUT2D eigenvalue weighted by atomic mass is 10.0. The molecule has 0 amide bonds. The average molecular weight is 298 g/mol. The molecule has 1 rings (SSSR count). The molecule has 1 aromatic rings. The summed E-state index contributed by atoms with van der Waals surface area (Å²) in [6.07, 6.45) is 3.60. The van der Waals surface area contributed by atoms with Gasteiger partial charge in [-0.25, -0.2) is 8.42 Å². The van der Waals surface area contributed by atoms with Gasteiger partial charge in [-0.1, -0.05) is 50.8 Å². The largest absolute Gasteiger partial charge is 0.480 e. The van der Waals surface area contributed by atoms with E-state index >= 15 is 0 Å². The minimum absolute atomic E-state index is 0.0698. The van der Waals surface area contributed by atoms with Crippen molar-refractivity contribution in [1.82, 2.24) is 0 Å². The number of carboxylic acid groups (broad SMARTS) is 1. The highest BCUT2D eigenvalue weighted by Gasteiger charge is 2.46. The van der Waals surface area contributed by atoms with Gasteiger partial charge in [0.2, 0.25) is 0 Å². The molecule has 0 aliphatic carbocycles. The molecule has 0 saturated heterocycles. The van der Waals surface area contributed by atoms with Crippen molar-refractivity contribution in [1.29, 1.82) is 0 Å². The zero-order valence-corrected chi connectivity index (χ0v) is 12.8. The molecule has 0 aliphatic heterocycles. The van der Waals surface area contributed by atoms with Crippen LogP contribution in [-0.4, -0.2) is 24.2 Å². The van der Waals surface area contributed by atoms with Gasteiger partial charge in [-0.05, 0) is 25.5 Å². The Kier molecular flexibility index (Phi) is 5.74. The minimum Gasteiger partial charge on any atom is -0.480 e. The molecule has 0 bridgehead atoms. The molecule has 0 fully saturated rings. The number of benzene rings is 1. The second-order valence-corrected chi connectivity index (χ2v) is 7.54. The number of sulfone groups is 1. The SMILES string of the molecule is CCCCCC[C@](C)(C(=O)O)S(=O)(=O)c1ccccc1. The Hall–Kier alpha value is -1.36. The van der Waals surface area contributed by atoms with Crippen molar-refractivity contribution in [3.8, 4) is 0 Å². The van der Waals surface area contributed by atoms with Gasteiger partial charge in [0.05, 0.1) is 4.90 Å². The average Bonchev–Trinajstić information content (AvgIpc) is 2.44. The van der Waals surface area contributed by atoms with Crippen LogP contribution >= 0.6 is 0 Å². The van der Waals surface area contributed by atoms with E-state index in [4.69, 9.17) is 0 Å². The highest BCUT2D eigenvalue weighted by molar-refractivity contribution is 7.93. The lowest BCUT2D eigenvalue weighted by Gasteiger charge is -2.25. The summed E-state index contributed by atoms with van der Waals surface area (Å²) < 4.78 is 23.4. The van der Waals surface area contributed by atoms with Crippen LogP contribution in [0, 0.1) is 0 Å². The van der Waals surface area contributed by atoms with Gasteiger partial charge in [-0.3, -0.25) is 4.79 Å². The Labute approximate surface area is 120 Å². The fraction of sp³-hybridized carbons (Fsp3) is 0.533. The predicted octanol–water partition coefficient (Wildman–Crippen LogP) is 3.27. The Bertz CT molecular complexity index is 536. The normalized spacial score (nSPS) is 14.7. The molecule has 20 heavy (non-hydrogen) atoms. The maximum atomic E-state index is 12.6. The van der Waals surface area contributed by atoms with Gasteiger partial charge in [0.25, 0.3) is 0 Å². The lowest BCUT2D eigenvalue weighted by Crippen LogP contribution is -2.43. The highest BCUT2D eigenvalue weighted by Crippen LogP contribution is 2.31. The highest BCUT2D eigenvalue weighted by atomic mass is 32.2. The maximum absolute atomic E-state index is 12.6. The molecule has 0 aromatic heterocycles. The van der Waals surface area contributed by atoms with Gasteiger partial charge in [0.1, 0.15) is 0 Å². The Morgan fingerprint density at radius 1 is 1.15 bits per heavy atom. The van der Waals surface area contributed by atoms with E-state index in [-0.39, 0.29) is 11.3 Å². The monoisotopic (exact) mass is 298 g/mol. The van der Waals surface area contributed by atoms with Gasteiger partial charge in [0, 0.05) is 0 Å². The standard InChI is InChI=1S/C15H22O4S/c1-3-4-5-9-12-15(2,14(16)17)20(18,19)13-10-7-6-8-11-13/h6-8,10-11H,3-5,9,12H2,1-2H3,(H,16,17)/t15-/m1/s1. The minimum atomic E-state index is -3.89. The Morgan fingerprint density at radius 2 is 1.75 bits per heavy atom. The van der Waals surface area contributed by atoms with Crippen LogP contribution in [0.5, 0.6) is 0 Å². The molecule has 1 N–H and O–H groups in total. The summed E-state index contributed by atoms with van der Waals surface area (Å²) in [5.74, 6) is -1.28. The van der Waals surface area contributed by atoms with E-state index in [1.165, 1.54) is 19.1 Å². The second kappa shape index (κ2) is 6.88.